The van der Waals surface area contributed by atoms with E-state index in [0.717, 1.165) is 53.4 Å². The van der Waals surface area contributed by atoms with Gasteiger partial charge in [0.05, 0.1) is 30.2 Å². The number of hydrogen-bond donors (Lipinski definition) is 3. The summed E-state index contributed by atoms with van der Waals surface area (Å²) in [5.74, 6) is -0.886. The van der Waals surface area contributed by atoms with Crippen LogP contribution in [0.3, 0.4) is 0 Å². The van der Waals surface area contributed by atoms with Crippen molar-refractivity contribution in [3.63, 3.8) is 0 Å². The van der Waals surface area contributed by atoms with Gasteiger partial charge in [-0.1, -0.05) is 0 Å². The van der Waals surface area contributed by atoms with E-state index >= 15 is 0 Å². The maximum absolute atomic E-state index is 13.6. The van der Waals surface area contributed by atoms with Crippen LogP contribution in [-0.4, -0.2) is 75.4 Å². The molecule has 13 nitrogen and oxygen atoms in total. The molecule has 3 heterocycles. The predicted octanol–water partition coefficient (Wildman–Crippen LogP) is 3.93. The lowest BCUT2D eigenvalue weighted by atomic mass is 10.1. The van der Waals surface area contributed by atoms with Gasteiger partial charge in [0.2, 0.25) is 0 Å². The summed E-state index contributed by atoms with van der Waals surface area (Å²) in [5.41, 5.74) is -0.569. The lowest BCUT2D eigenvalue weighted by molar-refractivity contribution is 0.0911. The topological polar surface area (TPSA) is 160 Å². The summed E-state index contributed by atoms with van der Waals surface area (Å²) < 4.78 is 21.6. The van der Waals surface area contributed by atoms with Crippen LogP contribution in [0, 0.1) is 5.82 Å². The zero-order valence-corrected chi connectivity index (χ0v) is 27.9. The standard InChI is InChI=1S/C36H38FN7O6/c1-5-32(28-18-30(39-19-31(28)38-3)34(47)41-25-14-16-42(4)17-15-25)50-27-12-8-24(9-13-27)40-33(46)29-20-43(22(2)21-45)36(49)44(35(29)48)26-10-6-23(37)7-11-26/h5-13,18-20,22,25,45H,3,14-17,21H2,1-2,4H3,(H,40,46)(H,41,47)/b32-5+/t22-/m1/s1. The monoisotopic (exact) mass is 683 g/mol. The number of pyridine rings is 1. The van der Waals surface area contributed by atoms with Gasteiger partial charge in [-0.15, -0.1) is 0 Å². The van der Waals surface area contributed by atoms with E-state index in [1.165, 1.54) is 18.3 Å². The maximum atomic E-state index is 13.6. The number of hydrogen-bond acceptors (Lipinski definition) is 9. The van der Waals surface area contributed by atoms with Crippen LogP contribution in [0.1, 0.15) is 59.1 Å². The molecular formula is C36H38FN7O6. The first-order valence-corrected chi connectivity index (χ1v) is 16.0. The Morgan fingerprint density at radius 1 is 1.10 bits per heavy atom. The van der Waals surface area contributed by atoms with E-state index < -0.39 is 35.6 Å². The molecule has 50 heavy (non-hydrogen) atoms. The number of nitrogens with zero attached hydrogens (tertiary/aromatic N) is 5. The van der Waals surface area contributed by atoms with E-state index in [1.54, 1.807) is 50.3 Å². The first kappa shape index (κ1) is 35.6. The summed E-state index contributed by atoms with van der Waals surface area (Å²) in [7, 11) is 2.05. The van der Waals surface area contributed by atoms with Gasteiger partial charge in [-0.2, -0.15) is 0 Å². The van der Waals surface area contributed by atoms with Crippen molar-refractivity contribution in [3.05, 3.63) is 117 Å². The Balaban J connectivity index is 1.35. The van der Waals surface area contributed by atoms with Gasteiger partial charge >= 0.3 is 5.69 Å². The van der Waals surface area contributed by atoms with Gasteiger partial charge in [0, 0.05) is 23.5 Å². The molecule has 0 saturated carbocycles. The number of aliphatic hydroxyl groups is 1. The summed E-state index contributed by atoms with van der Waals surface area (Å²) in [5, 5.41) is 15.4. The van der Waals surface area contributed by atoms with Crippen molar-refractivity contribution in [3.8, 4) is 11.4 Å². The number of aliphatic imine (C=N–C) groups is 1. The van der Waals surface area contributed by atoms with Gasteiger partial charge in [0.15, 0.2) is 0 Å². The molecular weight excluding hydrogens is 645 g/mol. The number of halogens is 1. The van der Waals surface area contributed by atoms with Crippen LogP contribution in [0.2, 0.25) is 0 Å². The minimum absolute atomic E-state index is 0.0596. The molecule has 0 bridgehead atoms. The summed E-state index contributed by atoms with van der Waals surface area (Å²) in [6.45, 7) is 8.31. The van der Waals surface area contributed by atoms with Gasteiger partial charge < -0.3 is 25.4 Å². The van der Waals surface area contributed by atoms with Crippen LogP contribution in [0.5, 0.6) is 5.75 Å². The Kier molecular flexibility index (Phi) is 11.1. The largest absolute Gasteiger partial charge is 0.457 e. The van der Waals surface area contributed by atoms with E-state index in [4.69, 9.17) is 4.74 Å². The molecule has 14 heteroatoms. The van der Waals surface area contributed by atoms with Crippen molar-refractivity contribution in [1.29, 1.82) is 0 Å². The van der Waals surface area contributed by atoms with Crippen LogP contribution in [0.15, 0.2) is 87.6 Å². The second-order valence-corrected chi connectivity index (χ2v) is 11.9. The van der Waals surface area contributed by atoms with Gasteiger partial charge in [0.1, 0.15) is 28.6 Å². The molecule has 2 aromatic heterocycles. The van der Waals surface area contributed by atoms with Crippen molar-refractivity contribution >= 4 is 35.7 Å². The lowest BCUT2D eigenvalue weighted by Crippen LogP contribution is -2.43. The van der Waals surface area contributed by atoms with Crippen molar-refractivity contribution in [1.82, 2.24) is 24.3 Å². The molecule has 2 aromatic carbocycles. The fraction of sp³-hybridized carbons (Fsp3) is 0.278. The first-order chi connectivity index (χ1) is 24.0. The quantitative estimate of drug-likeness (QED) is 0.158. The summed E-state index contributed by atoms with van der Waals surface area (Å²) in [6, 6.07) is 11.9. The third-order valence-corrected chi connectivity index (χ3v) is 8.39. The number of carbonyl (C=O) groups excluding carboxylic acids is 2. The van der Waals surface area contributed by atoms with Crippen LogP contribution >= 0.6 is 0 Å². The average Bonchev–Trinajstić information content (AvgIpc) is 3.12. The summed E-state index contributed by atoms with van der Waals surface area (Å²) in [6.07, 6.45) is 5.98. The van der Waals surface area contributed by atoms with Crippen LogP contribution in [0.25, 0.3) is 11.4 Å². The summed E-state index contributed by atoms with van der Waals surface area (Å²) in [4.78, 5) is 63.6. The number of likely N-dealkylation sites (tertiary alicyclic amines) is 1. The lowest BCUT2D eigenvalue weighted by Gasteiger charge is -2.29. The average molecular weight is 684 g/mol. The molecule has 0 unspecified atom stereocenters. The zero-order chi connectivity index (χ0) is 35.9. The number of aliphatic hydroxyl groups excluding tert-OH is 1. The third-order valence-electron chi connectivity index (χ3n) is 8.39. The maximum Gasteiger partial charge on any atom is 0.335 e. The number of nitrogens with one attached hydrogen (secondary N) is 2. The second-order valence-electron chi connectivity index (χ2n) is 11.9. The highest BCUT2D eigenvalue weighted by Crippen LogP contribution is 2.30. The van der Waals surface area contributed by atoms with Gasteiger partial charge in [0.25, 0.3) is 17.4 Å². The van der Waals surface area contributed by atoms with Crippen LogP contribution in [-0.2, 0) is 0 Å². The number of ether oxygens (including phenoxy) is 1. The smallest absolute Gasteiger partial charge is 0.335 e. The molecule has 2 amide bonds. The first-order valence-electron chi connectivity index (χ1n) is 16.0. The number of allylic oxidation sites excluding steroid dienone is 1. The molecule has 1 aliphatic rings. The molecule has 260 valence electrons. The fourth-order valence-corrected chi connectivity index (χ4v) is 5.46. The predicted molar refractivity (Wildman–Crippen MR) is 188 cm³/mol. The Hall–Kier alpha value is -5.73. The molecule has 1 atom stereocenters. The molecule has 5 rings (SSSR count). The molecule has 1 saturated heterocycles. The highest BCUT2D eigenvalue weighted by molar-refractivity contribution is 6.04. The minimum Gasteiger partial charge on any atom is -0.457 e. The highest BCUT2D eigenvalue weighted by atomic mass is 19.1. The number of aromatic nitrogens is 3. The number of amides is 2. The number of rotatable bonds is 11. The minimum atomic E-state index is -0.915. The van der Waals surface area contributed by atoms with Crippen molar-refractivity contribution in [2.45, 2.75) is 38.8 Å². The normalized spacial score (nSPS) is 14.5. The summed E-state index contributed by atoms with van der Waals surface area (Å²) >= 11 is 0. The van der Waals surface area contributed by atoms with E-state index in [1.807, 2.05) is 0 Å². The molecule has 4 aromatic rings. The van der Waals surface area contributed by atoms with Gasteiger partial charge in [-0.3, -0.25) is 23.9 Å². The number of carbonyl (C=O) groups is 2. The molecule has 0 spiro atoms. The Morgan fingerprint density at radius 3 is 2.40 bits per heavy atom. The molecule has 0 aliphatic carbocycles. The van der Waals surface area contributed by atoms with Crippen LogP contribution < -0.4 is 26.6 Å². The third kappa shape index (κ3) is 7.93. The SMILES string of the molecule is C=Nc1cnc(C(=O)NC2CCN(C)CC2)cc1/C(=C\C)Oc1ccc(NC(=O)c2cn([C@H](C)CO)c(=O)n(-c3ccc(F)cc3)c2=O)cc1. The molecule has 3 N–H and O–H groups in total. The van der Waals surface area contributed by atoms with Crippen molar-refractivity contribution in [2.24, 2.45) is 4.99 Å². The number of piperidine rings is 1. The van der Waals surface area contributed by atoms with E-state index in [2.05, 4.69) is 39.3 Å². The zero-order valence-electron chi connectivity index (χ0n) is 27.9. The Labute approximate surface area is 287 Å². The van der Waals surface area contributed by atoms with E-state index in [9.17, 15) is 28.7 Å². The van der Waals surface area contributed by atoms with E-state index in [-0.39, 0.29) is 28.9 Å². The molecule has 0 radical (unpaired) electrons. The number of benzene rings is 2. The van der Waals surface area contributed by atoms with Crippen molar-refractivity contribution < 1.29 is 23.8 Å². The van der Waals surface area contributed by atoms with Gasteiger partial charge in [-0.25, -0.2) is 18.7 Å². The molecule has 1 aliphatic heterocycles. The van der Waals surface area contributed by atoms with Crippen LogP contribution in [0.4, 0.5) is 15.8 Å². The molecule has 1 fully saturated rings. The number of anilines is 1. The Morgan fingerprint density at radius 2 is 1.78 bits per heavy atom. The Bertz CT molecular complexity index is 2030. The van der Waals surface area contributed by atoms with Gasteiger partial charge in [-0.05, 0) is 114 Å². The van der Waals surface area contributed by atoms with E-state index in [0.29, 0.717) is 28.4 Å². The fourth-order valence-electron chi connectivity index (χ4n) is 5.46. The highest BCUT2D eigenvalue weighted by Gasteiger charge is 2.23. The van der Waals surface area contributed by atoms with Crippen molar-refractivity contribution in [2.75, 3.05) is 32.1 Å². The second kappa shape index (κ2) is 15.7.